The SMILES string of the molecule is C1CNC2(CCOC2)SC1. The van der Waals surface area contributed by atoms with Crippen molar-refractivity contribution < 1.29 is 4.74 Å². The molecule has 0 amide bonds. The van der Waals surface area contributed by atoms with E-state index in [9.17, 15) is 0 Å². The van der Waals surface area contributed by atoms with E-state index in [1.54, 1.807) is 0 Å². The number of nitrogens with one attached hydrogen (secondary N) is 1. The lowest BCUT2D eigenvalue weighted by atomic mass is 10.2. The first-order valence-electron chi connectivity index (χ1n) is 3.88. The van der Waals surface area contributed by atoms with Gasteiger partial charge in [-0.15, -0.1) is 11.8 Å². The van der Waals surface area contributed by atoms with Gasteiger partial charge in [-0.3, -0.25) is 0 Å². The summed E-state index contributed by atoms with van der Waals surface area (Å²) >= 11 is 2.04. The van der Waals surface area contributed by atoms with Crippen LogP contribution >= 0.6 is 11.8 Å². The second kappa shape index (κ2) is 2.72. The zero-order chi connectivity index (χ0) is 6.86. The molecule has 2 nitrogen and oxygen atoms in total. The highest BCUT2D eigenvalue weighted by molar-refractivity contribution is 8.00. The molecule has 2 fully saturated rings. The van der Waals surface area contributed by atoms with Crippen LogP contribution in [0, 0.1) is 0 Å². The van der Waals surface area contributed by atoms with Gasteiger partial charge in [0.1, 0.15) is 0 Å². The molecule has 2 saturated heterocycles. The minimum Gasteiger partial charge on any atom is -0.379 e. The summed E-state index contributed by atoms with van der Waals surface area (Å²) in [5.41, 5.74) is 0. The molecule has 2 rings (SSSR count). The third kappa shape index (κ3) is 1.18. The van der Waals surface area contributed by atoms with Gasteiger partial charge >= 0.3 is 0 Å². The number of thioether (sulfide) groups is 1. The van der Waals surface area contributed by atoms with Gasteiger partial charge in [0.15, 0.2) is 0 Å². The lowest BCUT2D eigenvalue weighted by Crippen LogP contribution is -2.46. The van der Waals surface area contributed by atoms with E-state index in [0.29, 0.717) is 4.87 Å². The summed E-state index contributed by atoms with van der Waals surface area (Å²) in [7, 11) is 0. The van der Waals surface area contributed by atoms with Crippen LogP contribution in [0.5, 0.6) is 0 Å². The molecule has 1 N–H and O–H groups in total. The van der Waals surface area contributed by atoms with Crippen molar-refractivity contribution in [3.8, 4) is 0 Å². The van der Waals surface area contributed by atoms with Crippen molar-refractivity contribution >= 4 is 11.8 Å². The number of ether oxygens (including phenoxy) is 1. The van der Waals surface area contributed by atoms with Gasteiger partial charge in [0.2, 0.25) is 0 Å². The maximum absolute atomic E-state index is 5.35. The molecule has 0 aromatic rings. The highest BCUT2D eigenvalue weighted by atomic mass is 32.2. The van der Waals surface area contributed by atoms with Gasteiger partial charge < -0.3 is 10.1 Å². The van der Waals surface area contributed by atoms with Gasteiger partial charge in [-0.25, -0.2) is 0 Å². The Morgan fingerprint density at radius 2 is 2.50 bits per heavy atom. The van der Waals surface area contributed by atoms with Crippen LogP contribution in [0.25, 0.3) is 0 Å². The largest absolute Gasteiger partial charge is 0.379 e. The zero-order valence-electron chi connectivity index (χ0n) is 6.06. The van der Waals surface area contributed by atoms with Gasteiger partial charge in [-0.1, -0.05) is 0 Å². The minimum atomic E-state index is 0.318. The Bertz CT molecular complexity index is 115. The Morgan fingerprint density at radius 3 is 3.10 bits per heavy atom. The molecule has 0 aliphatic carbocycles. The molecule has 0 radical (unpaired) electrons. The van der Waals surface area contributed by atoms with Crippen LogP contribution in [0.4, 0.5) is 0 Å². The summed E-state index contributed by atoms with van der Waals surface area (Å²) in [6.07, 6.45) is 2.50. The van der Waals surface area contributed by atoms with Gasteiger partial charge in [0, 0.05) is 13.0 Å². The smallest absolute Gasteiger partial charge is 0.0903 e. The van der Waals surface area contributed by atoms with Crippen molar-refractivity contribution in [2.24, 2.45) is 0 Å². The Labute approximate surface area is 65.7 Å². The Kier molecular flexibility index (Phi) is 1.89. The quantitative estimate of drug-likeness (QED) is 0.565. The standard InChI is InChI=1S/C7H13NOS/c1-3-8-7(10-5-1)2-4-9-6-7/h8H,1-6H2. The summed E-state index contributed by atoms with van der Waals surface area (Å²) in [4.78, 5) is 0.318. The van der Waals surface area contributed by atoms with E-state index in [0.717, 1.165) is 13.2 Å². The topological polar surface area (TPSA) is 21.3 Å². The number of hydrogen-bond acceptors (Lipinski definition) is 3. The van der Waals surface area contributed by atoms with Crippen LogP contribution in [-0.2, 0) is 4.74 Å². The first-order valence-corrected chi connectivity index (χ1v) is 4.87. The van der Waals surface area contributed by atoms with Crippen molar-refractivity contribution in [2.45, 2.75) is 17.7 Å². The molecule has 0 aromatic carbocycles. The third-order valence-corrected chi connectivity index (χ3v) is 3.64. The lowest BCUT2D eigenvalue weighted by Gasteiger charge is -2.32. The summed E-state index contributed by atoms with van der Waals surface area (Å²) in [6, 6.07) is 0. The molecule has 3 heteroatoms. The van der Waals surface area contributed by atoms with Crippen molar-refractivity contribution in [1.29, 1.82) is 0 Å². The molecular formula is C7H13NOS. The molecular weight excluding hydrogens is 146 g/mol. The fraction of sp³-hybridized carbons (Fsp3) is 1.00. The molecule has 1 unspecified atom stereocenters. The van der Waals surface area contributed by atoms with Gasteiger partial charge in [-0.2, -0.15) is 0 Å². The van der Waals surface area contributed by atoms with Crippen molar-refractivity contribution in [3.05, 3.63) is 0 Å². The van der Waals surface area contributed by atoms with E-state index in [4.69, 9.17) is 4.74 Å². The second-order valence-corrected chi connectivity index (χ2v) is 4.40. The molecule has 0 aromatic heterocycles. The van der Waals surface area contributed by atoms with E-state index in [2.05, 4.69) is 5.32 Å². The maximum Gasteiger partial charge on any atom is 0.0903 e. The summed E-state index contributed by atoms with van der Waals surface area (Å²) in [5.74, 6) is 1.30. The Balaban J connectivity index is 1.98. The molecule has 1 spiro atoms. The predicted molar refractivity (Wildman–Crippen MR) is 43.2 cm³/mol. The minimum absolute atomic E-state index is 0.318. The van der Waals surface area contributed by atoms with Crippen molar-refractivity contribution in [2.75, 3.05) is 25.5 Å². The van der Waals surface area contributed by atoms with E-state index >= 15 is 0 Å². The van der Waals surface area contributed by atoms with E-state index in [1.807, 2.05) is 11.8 Å². The third-order valence-electron chi connectivity index (χ3n) is 2.13. The highest BCUT2D eigenvalue weighted by Gasteiger charge is 2.36. The summed E-state index contributed by atoms with van der Waals surface area (Å²) in [5, 5.41) is 3.53. The zero-order valence-corrected chi connectivity index (χ0v) is 6.88. The fourth-order valence-corrected chi connectivity index (χ4v) is 2.78. The van der Waals surface area contributed by atoms with Gasteiger partial charge in [-0.05, 0) is 18.7 Å². The molecule has 2 aliphatic rings. The van der Waals surface area contributed by atoms with Crippen LogP contribution < -0.4 is 5.32 Å². The Hall–Kier alpha value is 0.270. The molecule has 58 valence electrons. The number of hydrogen-bond donors (Lipinski definition) is 1. The monoisotopic (exact) mass is 159 g/mol. The van der Waals surface area contributed by atoms with Gasteiger partial charge in [0.05, 0.1) is 11.5 Å². The molecule has 0 bridgehead atoms. The second-order valence-electron chi connectivity index (χ2n) is 2.93. The van der Waals surface area contributed by atoms with Crippen LogP contribution in [0.2, 0.25) is 0 Å². The molecule has 10 heavy (non-hydrogen) atoms. The molecule has 2 heterocycles. The fourth-order valence-electron chi connectivity index (χ4n) is 1.51. The molecule has 1 atom stereocenters. The van der Waals surface area contributed by atoms with E-state index < -0.39 is 0 Å². The Morgan fingerprint density at radius 1 is 1.50 bits per heavy atom. The number of rotatable bonds is 0. The van der Waals surface area contributed by atoms with Crippen molar-refractivity contribution in [1.82, 2.24) is 5.32 Å². The first-order chi connectivity index (χ1) is 4.91. The summed E-state index contributed by atoms with van der Waals surface area (Å²) < 4.78 is 5.35. The van der Waals surface area contributed by atoms with Crippen LogP contribution in [-0.4, -0.2) is 30.4 Å². The molecule has 2 aliphatic heterocycles. The van der Waals surface area contributed by atoms with E-state index in [-0.39, 0.29) is 0 Å². The van der Waals surface area contributed by atoms with Crippen molar-refractivity contribution in [3.63, 3.8) is 0 Å². The highest BCUT2D eigenvalue weighted by Crippen LogP contribution is 2.33. The summed E-state index contributed by atoms with van der Waals surface area (Å²) in [6.45, 7) is 3.04. The average molecular weight is 159 g/mol. The lowest BCUT2D eigenvalue weighted by molar-refractivity contribution is 0.185. The average Bonchev–Trinajstić information content (AvgIpc) is 2.39. The first kappa shape index (κ1) is 6.95. The maximum atomic E-state index is 5.35. The van der Waals surface area contributed by atoms with Crippen LogP contribution in [0.15, 0.2) is 0 Å². The van der Waals surface area contributed by atoms with Gasteiger partial charge in [0.25, 0.3) is 0 Å². The normalized spacial score (nSPS) is 40.8. The van der Waals surface area contributed by atoms with Crippen LogP contribution in [0.1, 0.15) is 12.8 Å². The predicted octanol–water partition coefficient (Wildman–Crippen LogP) is 0.830. The molecule has 0 saturated carbocycles. The van der Waals surface area contributed by atoms with Crippen LogP contribution in [0.3, 0.4) is 0 Å². The van der Waals surface area contributed by atoms with E-state index in [1.165, 1.54) is 25.1 Å².